The van der Waals surface area contributed by atoms with Crippen LogP contribution in [0.1, 0.15) is 18.5 Å². The van der Waals surface area contributed by atoms with Gasteiger partial charge in [0.2, 0.25) is 0 Å². The molecule has 0 saturated carbocycles. The van der Waals surface area contributed by atoms with Crippen molar-refractivity contribution in [3.63, 3.8) is 0 Å². The van der Waals surface area contributed by atoms with Gasteiger partial charge in [0.25, 0.3) is 0 Å². The van der Waals surface area contributed by atoms with Gasteiger partial charge in [-0.15, -0.1) is 0 Å². The van der Waals surface area contributed by atoms with E-state index in [4.69, 9.17) is 27.9 Å². The van der Waals surface area contributed by atoms with E-state index in [1.165, 1.54) is 12.0 Å². The smallest absolute Gasteiger partial charge is 0.337 e. The molecule has 1 heterocycles. The van der Waals surface area contributed by atoms with Crippen molar-refractivity contribution in [1.82, 2.24) is 10.2 Å². The fourth-order valence-electron chi connectivity index (χ4n) is 2.19. The van der Waals surface area contributed by atoms with Gasteiger partial charge in [-0.1, -0.05) is 35.3 Å². The fraction of sp³-hybridized carbons (Fsp3) is 0.286. The van der Waals surface area contributed by atoms with Crippen molar-refractivity contribution < 1.29 is 14.3 Å². The minimum Gasteiger partial charge on any atom is -0.466 e. The van der Waals surface area contributed by atoms with Gasteiger partial charge in [-0.25, -0.2) is 9.59 Å². The molecule has 7 heteroatoms. The van der Waals surface area contributed by atoms with E-state index in [2.05, 4.69) is 5.32 Å². The van der Waals surface area contributed by atoms with Gasteiger partial charge in [0.05, 0.1) is 28.8 Å². The minimum atomic E-state index is -0.702. The quantitative estimate of drug-likeness (QED) is 0.848. The van der Waals surface area contributed by atoms with Crippen molar-refractivity contribution in [2.45, 2.75) is 13.0 Å². The molecule has 0 fully saturated rings. The average molecular weight is 329 g/mol. The van der Waals surface area contributed by atoms with Gasteiger partial charge in [-0.3, -0.25) is 0 Å². The number of methoxy groups -OCH3 is 1. The van der Waals surface area contributed by atoms with E-state index in [9.17, 15) is 9.59 Å². The molecule has 1 atom stereocenters. The number of halogens is 2. The zero-order chi connectivity index (χ0) is 15.7. The Morgan fingerprint density at radius 2 is 2.05 bits per heavy atom. The Kier molecular flexibility index (Phi) is 4.44. The molecule has 2 rings (SSSR count). The van der Waals surface area contributed by atoms with E-state index < -0.39 is 12.0 Å². The van der Waals surface area contributed by atoms with Gasteiger partial charge in [-0.2, -0.15) is 0 Å². The highest BCUT2D eigenvalue weighted by Gasteiger charge is 2.35. The Morgan fingerprint density at radius 1 is 1.38 bits per heavy atom. The topological polar surface area (TPSA) is 58.6 Å². The maximum atomic E-state index is 12.1. The zero-order valence-corrected chi connectivity index (χ0v) is 13.2. The monoisotopic (exact) mass is 328 g/mol. The first-order chi connectivity index (χ1) is 9.88. The Balaban J connectivity index is 2.62. The number of hydrogen-bond acceptors (Lipinski definition) is 3. The molecule has 1 N–H and O–H groups in total. The van der Waals surface area contributed by atoms with E-state index in [1.54, 1.807) is 32.2 Å². The normalized spacial score (nSPS) is 18.6. The highest BCUT2D eigenvalue weighted by molar-refractivity contribution is 6.42. The molecule has 1 aromatic rings. The van der Waals surface area contributed by atoms with Crippen molar-refractivity contribution in [1.29, 1.82) is 0 Å². The molecule has 5 nitrogen and oxygen atoms in total. The van der Waals surface area contributed by atoms with Gasteiger partial charge in [0, 0.05) is 12.7 Å². The number of allylic oxidation sites excluding steroid dienone is 1. The molecule has 1 aromatic carbocycles. The number of benzene rings is 1. The molecule has 2 amide bonds. The van der Waals surface area contributed by atoms with Gasteiger partial charge in [-0.05, 0) is 18.6 Å². The standard InChI is InChI=1S/C14H14Cl2N2O3/c1-7-10(13(19)21-3)12(17-14(20)18(7)2)8-5-4-6-9(15)11(8)16/h4-6,12H,1-3H3,(H,17,20)/t12-/m0/s1. The number of nitrogens with one attached hydrogen (secondary N) is 1. The van der Waals surface area contributed by atoms with Crippen LogP contribution in [0.25, 0.3) is 0 Å². The van der Waals surface area contributed by atoms with E-state index in [-0.39, 0.29) is 6.03 Å². The van der Waals surface area contributed by atoms with E-state index in [0.29, 0.717) is 26.9 Å². The molecular weight excluding hydrogens is 315 g/mol. The number of rotatable bonds is 2. The second-order valence-corrected chi connectivity index (χ2v) is 5.36. The number of nitrogens with zero attached hydrogens (tertiary/aromatic N) is 1. The first kappa shape index (κ1) is 15.7. The van der Waals surface area contributed by atoms with Crippen LogP contribution >= 0.6 is 23.2 Å². The van der Waals surface area contributed by atoms with Crippen LogP contribution in [0.15, 0.2) is 29.5 Å². The van der Waals surface area contributed by atoms with Gasteiger partial charge in [0.1, 0.15) is 0 Å². The highest BCUT2D eigenvalue weighted by atomic mass is 35.5. The lowest BCUT2D eigenvalue weighted by Crippen LogP contribution is -2.46. The second-order valence-electron chi connectivity index (χ2n) is 4.58. The number of urea groups is 1. The molecule has 112 valence electrons. The lowest BCUT2D eigenvalue weighted by Gasteiger charge is -2.33. The Morgan fingerprint density at radius 3 is 2.67 bits per heavy atom. The van der Waals surface area contributed by atoms with E-state index >= 15 is 0 Å². The number of carbonyl (C=O) groups excluding carboxylic acids is 2. The third-order valence-corrected chi connectivity index (χ3v) is 4.29. The lowest BCUT2D eigenvalue weighted by molar-refractivity contribution is -0.136. The summed E-state index contributed by atoms with van der Waals surface area (Å²) in [5.74, 6) is -0.527. The predicted octanol–water partition coefficient (Wildman–Crippen LogP) is 3.14. The highest BCUT2D eigenvalue weighted by Crippen LogP contribution is 2.36. The third-order valence-electron chi connectivity index (χ3n) is 3.45. The number of esters is 1. The summed E-state index contributed by atoms with van der Waals surface area (Å²) in [6.45, 7) is 1.68. The summed E-state index contributed by atoms with van der Waals surface area (Å²) < 4.78 is 4.81. The van der Waals surface area contributed by atoms with Crippen LogP contribution in [-0.2, 0) is 9.53 Å². The maximum absolute atomic E-state index is 12.1. The fourth-order valence-corrected chi connectivity index (χ4v) is 2.60. The maximum Gasteiger partial charge on any atom is 0.337 e. The molecule has 0 aromatic heterocycles. The van der Waals surface area contributed by atoms with Crippen LogP contribution in [0.3, 0.4) is 0 Å². The van der Waals surface area contributed by atoms with Gasteiger partial charge < -0.3 is 15.0 Å². The summed E-state index contributed by atoms with van der Waals surface area (Å²) in [6.07, 6.45) is 0. The molecule has 0 spiro atoms. The number of hydrogen-bond donors (Lipinski definition) is 1. The molecule has 0 radical (unpaired) electrons. The summed E-state index contributed by atoms with van der Waals surface area (Å²) in [6, 6.07) is 4.02. The van der Waals surface area contributed by atoms with E-state index in [1.807, 2.05) is 0 Å². The number of ether oxygens (including phenoxy) is 1. The molecule has 1 aliphatic rings. The molecule has 21 heavy (non-hydrogen) atoms. The van der Waals surface area contributed by atoms with Crippen molar-refractivity contribution in [3.05, 3.63) is 45.1 Å². The van der Waals surface area contributed by atoms with Gasteiger partial charge in [0.15, 0.2) is 0 Å². The Bertz CT molecular complexity index is 643. The average Bonchev–Trinajstić information content (AvgIpc) is 2.46. The van der Waals surface area contributed by atoms with Gasteiger partial charge >= 0.3 is 12.0 Å². The molecule has 0 bridgehead atoms. The van der Waals surface area contributed by atoms with Crippen LogP contribution in [0, 0.1) is 0 Å². The van der Waals surface area contributed by atoms with E-state index in [0.717, 1.165) is 0 Å². The van der Waals surface area contributed by atoms with Crippen LogP contribution in [0.4, 0.5) is 4.79 Å². The molecular formula is C14H14Cl2N2O3. The lowest BCUT2D eigenvalue weighted by atomic mass is 9.95. The van der Waals surface area contributed by atoms with Crippen molar-refractivity contribution in [2.75, 3.05) is 14.2 Å². The molecule has 0 unspecified atom stereocenters. The van der Waals surface area contributed by atoms with Crippen LogP contribution in [0.5, 0.6) is 0 Å². The Labute approximate surface area is 132 Å². The third kappa shape index (κ3) is 2.71. The summed E-state index contributed by atoms with van der Waals surface area (Å²) in [7, 11) is 2.86. The first-order valence-corrected chi connectivity index (χ1v) is 6.91. The SMILES string of the molecule is COC(=O)C1=C(C)N(C)C(=O)N[C@H]1c1cccc(Cl)c1Cl. The van der Waals surface area contributed by atoms with Crippen LogP contribution in [-0.4, -0.2) is 31.1 Å². The molecule has 0 aliphatic carbocycles. The zero-order valence-electron chi connectivity index (χ0n) is 11.7. The molecule has 0 saturated heterocycles. The minimum absolute atomic E-state index is 0.295. The number of amides is 2. The summed E-state index contributed by atoms with van der Waals surface area (Å²) >= 11 is 12.2. The second kappa shape index (κ2) is 5.95. The van der Waals surface area contributed by atoms with Crippen LogP contribution in [0.2, 0.25) is 10.0 Å². The van der Waals surface area contributed by atoms with Crippen LogP contribution < -0.4 is 5.32 Å². The largest absolute Gasteiger partial charge is 0.466 e. The predicted molar refractivity (Wildman–Crippen MR) is 80.2 cm³/mol. The summed E-state index contributed by atoms with van der Waals surface area (Å²) in [4.78, 5) is 25.4. The summed E-state index contributed by atoms with van der Waals surface area (Å²) in [5.41, 5.74) is 1.38. The van der Waals surface area contributed by atoms with Crippen molar-refractivity contribution >= 4 is 35.2 Å². The first-order valence-electron chi connectivity index (χ1n) is 6.15. The Hall–Kier alpha value is -1.72. The molecule has 1 aliphatic heterocycles. The number of carbonyl (C=O) groups is 2. The van der Waals surface area contributed by atoms with Crippen molar-refractivity contribution in [2.24, 2.45) is 0 Å². The summed E-state index contributed by atoms with van der Waals surface area (Å²) in [5, 5.41) is 3.38. The van der Waals surface area contributed by atoms with Crippen molar-refractivity contribution in [3.8, 4) is 0 Å².